The lowest BCUT2D eigenvalue weighted by atomic mass is 10.1. The van der Waals surface area contributed by atoms with E-state index in [9.17, 15) is 21.6 Å². The molecule has 11 heteroatoms. The molecule has 1 aromatic rings. The topological polar surface area (TPSA) is 110 Å². The SMILES string of the molecule is COc1ccc(S(=O)(=O)N(C)CCCl)cc1C(=O)NC1CCS(=O)(=O)C1. The van der Waals surface area contributed by atoms with Crippen LogP contribution in [0.1, 0.15) is 16.8 Å². The highest BCUT2D eigenvalue weighted by molar-refractivity contribution is 7.91. The standard InChI is InChI=1S/C15H21ClN2O6S2/c1-18(7-6-16)26(22,23)12-3-4-14(24-2)13(9-12)15(19)17-11-5-8-25(20,21)10-11/h3-4,9,11H,5-8,10H2,1-2H3,(H,17,19). The largest absolute Gasteiger partial charge is 0.496 e. The van der Waals surface area contributed by atoms with Crippen LogP contribution >= 0.6 is 11.6 Å². The predicted octanol–water partition coefficient (Wildman–Crippen LogP) is 0.471. The highest BCUT2D eigenvalue weighted by Gasteiger charge is 2.30. The predicted molar refractivity (Wildman–Crippen MR) is 98.1 cm³/mol. The Hall–Kier alpha value is -1.36. The molecule has 1 aliphatic rings. The molecule has 1 heterocycles. The van der Waals surface area contributed by atoms with Crippen LogP contribution in [0.4, 0.5) is 0 Å². The van der Waals surface area contributed by atoms with E-state index in [4.69, 9.17) is 16.3 Å². The molecule has 0 aliphatic carbocycles. The maximum absolute atomic E-state index is 12.6. The molecule has 0 spiro atoms. The van der Waals surface area contributed by atoms with E-state index in [1.165, 1.54) is 32.4 Å². The zero-order valence-electron chi connectivity index (χ0n) is 14.4. The number of carbonyl (C=O) groups is 1. The van der Waals surface area contributed by atoms with Crippen LogP contribution in [0.15, 0.2) is 23.1 Å². The second kappa shape index (κ2) is 8.12. The summed E-state index contributed by atoms with van der Waals surface area (Å²) < 4.78 is 54.4. The summed E-state index contributed by atoms with van der Waals surface area (Å²) in [5.41, 5.74) is 0.0251. The fourth-order valence-electron chi connectivity index (χ4n) is 2.62. The number of nitrogens with one attached hydrogen (secondary N) is 1. The first-order chi connectivity index (χ1) is 12.1. The fourth-order valence-corrected chi connectivity index (χ4v) is 5.84. The molecule has 0 bridgehead atoms. The van der Waals surface area contributed by atoms with Gasteiger partial charge in [0.2, 0.25) is 10.0 Å². The number of halogens is 1. The lowest BCUT2D eigenvalue weighted by Gasteiger charge is -2.18. The highest BCUT2D eigenvalue weighted by Crippen LogP contribution is 2.25. The number of benzene rings is 1. The van der Waals surface area contributed by atoms with Gasteiger partial charge in [0, 0.05) is 25.5 Å². The first kappa shape index (κ1) is 20.9. The minimum Gasteiger partial charge on any atom is -0.496 e. The summed E-state index contributed by atoms with van der Waals surface area (Å²) in [4.78, 5) is 12.5. The van der Waals surface area contributed by atoms with Gasteiger partial charge in [-0.3, -0.25) is 4.79 Å². The second-order valence-corrected chi connectivity index (χ2v) is 10.6. The van der Waals surface area contributed by atoms with Crippen molar-refractivity contribution in [1.29, 1.82) is 0 Å². The van der Waals surface area contributed by atoms with Crippen molar-refractivity contribution < 1.29 is 26.4 Å². The van der Waals surface area contributed by atoms with E-state index >= 15 is 0 Å². The molecule has 2 rings (SSSR count). The maximum Gasteiger partial charge on any atom is 0.255 e. The monoisotopic (exact) mass is 424 g/mol. The third-order valence-electron chi connectivity index (χ3n) is 4.09. The summed E-state index contributed by atoms with van der Waals surface area (Å²) >= 11 is 5.60. The van der Waals surface area contributed by atoms with Crippen molar-refractivity contribution in [2.75, 3.05) is 38.1 Å². The Bertz CT molecular complexity index is 885. The minimum atomic E-state index is -3.81. The van der Waals surface area contributed by atoms with Gasteiger partial charge in [0.15, 0.2) is 9.84 Å². The third kappa shape index (κ3) is 4.67. The molecular formula is C15H21ClN2O6S2. The highest BCUT2D eigenvalue weighted by atomic mass is 35.5. The summed E-state index contributed by atoms with van der Waals surface area (Å²) in [5.74, 6) is -0.358. The van der Waals surface area contributed by atoms with Crippen molar-refractivity contribution in [3.8, 4) is 5.75 Å². The molecule has 1 fully saturated rings. The van der Waals surface area contributed by atoms with Gasteiger partial charge in [-0.2, -0.15) is 4.31 Å². The summed E-state index contributed by atoms with van der Waals surface area (Å²) in [7, 11) is -4.20. The van der Waals surface area contributed by atoms with Crippen molar-refractivity contribution in [1.82, 2.24) is 9.62 Å². The van der Waals surface area contributed by atoms with Gasteiger partial charge in [-0.25, -0.2) is 16.8 Å². The molecule has 1 aliphatic heterocycles. The first-order valence-corrected chi connectivity index (χ1v) is 11.6. The van der Waals surface area contributed by atoms with E-state index in [-0.39, 0.29) is 40.1 Å². The molecule has 0 radical (unpaired) electrons. The molecule has 1 unspecified atom stereocenters. The molecular weight excluding hydrogens is 404 g/mol. The molecule has 26 heavy (non-hydrogen) atoms. The zero-order chi connectivity index (χ0) is 19.5. The van der Waals surface area contributed by atoms with Crippen LogP contribution in [0.2, 0.25) is 0 Å². The van der Waals surface area contributed by atoms with Gasteiger partial charge < -0.3 is 10.1 Å². The number of nitrogens with zero attached hydrogens (tertiary/aromatic N) is 1. The number of hydrogen-bond acceptors (Lipinski definition) is 6. The van der Waals surface area contributed by atoms with E-state index in [1.807, 2.05) is 0 Å². The molecule has 1 saturated heterocycles. The van der Waals surface area contributed by atoms with Crippen molar-refractivity contribution in [3.05, 3.63) is 23.8 Å². The van der Waals surface area contributed by atoms with E-state index < -0.39 is 31.8 Å². The Morgan fingerprint density at radius 2 is 2.12 bits per heavy atom. The van der Waals surface area contributed by atoms with Crippen molar-refractivity contribution >= 4 is 37.4 Å². The van der Waals surface area contributed by atoms with Crippen LogP contribution < -0.4 is 10.1 Å². The molecule has 0 saturated carbocycles. The van der Waals surface area contributed by atoms with Gasteiger partial charge >= 0.3 is 0 Å². The number of alkyl halides is 1. The van der Waals surface area contributed by atoms with E-state index in [0.717, 1.165) is 4.31 Å². The van der Waals surface area contributed by atoms with Gasteiger partial charge in [0.1, 0.15) is 5.75 Å². The Kier molecular flexibility index (Phi) is 6.54. The second-order valence-electron chi connectivity index (χ2n) is 5.95. The normalized spacial score (nSPS) is 19.5. The quantitative estimate of drug-likeness (QED) is 0.637. The lowest BCUT2D eigenvalue weighted by Crippen LogP contribution is -2.36. The average Bonchev–Trinajstić information content (AvgIpc) is 2.92. The maximum atomic E-state index is 12.6. The summed E-state index contributed by atoms with van der Waals surface area (Å²) in [6.07, 6.45) is 0.326. The number of hydrogen-bond donors (Lipinski definition) is 1. The Morgan fingerprint density at radius 3 is 2.65 bits per heavy atom. The smallest absolute Gasteiger partial charge is 0.255 e. The number of ether oxygens (including phenoxy) is 1. The van der Waals surface area contributed by atoms with Crippen LogP contribution in [0.5, 0.6) is 5.75 Å². The molecule has 1 amide bonds. The zero-order valence-corrected chi connectivity index (χ0v) is 16.8. The number of sulfonamides is 1. The minimum absolute atomic E-state index is 0.0206. The van der Waals surface area contributed by atoms with Crippen molar-refractivity contribution in [2.45, 2.75) is 17.4 Å². The van der Waals surface area contributed by atoms with E-state index in [0.29, 0.717) is 6.42 Å². The van der Waals surface area contributed by atoms with Gasteiger partial charge in [0.05, 0.1) is 29.1 Å². The molecule has 1 aromatic carbocycles. The number of rotatable bonds is 7. The van der Waals surface area contributed by atoms with Gasteiger partial charge in [0.25, 0.3) is 5.91 Å². The average molecular weight is 425 g/mol. The van der Waals surface area contributed by atoms with Gasteiger partial charge in [-0.15, -0.1) is 11.6 Å². The van der Waals surface area contributed by atoms with Crippen molar-refractivity contribution in [3.63, 3.8) is 0 Å². The number of carbonyl (C=O) groups excluding carboxylic acids is 1. The van der Waals surface area contributed by atoms with Crippen LogP contribution in [0, 0.1) is 0 Å². The molecule has 1 atom stereocenters. The lowest BCUT2D eigenvalue weighted by molar-refractivity contribution is 0.0938. The molecule has 0 aromatic heterocycles. The Labute approximate surface area is 158 Å². The number of sulfone groups is 1. The van der Waals surface area contributed by atoms with Crippen LogP contribution in [-0.2, 0) is 19.9 Å². The fraction of sp³-hybridized carbons (Fsp3) is 0.533. The van der Waals surface area contributed by atoms with Crippen molar-refractivity contribution in [2.24, 2.45) is 0 Å². The Morgan fingerprint density at radius 1 is 1.42 bits per heavy atom. The van der Waals surface area contributed by atoms with Crippen LogP contribution in [0.25, 0.3) is 0 Å². The van der Waals surface area contributed by atoms with Crippen LogP contribution in [-0.4, -0.2) is 71.2 Å². The molecule has 1 N–H and O–H groups in total. The number of amides is 1. The van der Waals surface area contributed by atoms with E-state index in [1.54, 1.807) is 0 Å². The summed E-state index contributed by atoms with van der Waals surface area (Å²) in [5, 5.41) is 2.63. The molecule has 8 nitrogen and oxygen atoms in total. The van der Waals surface area contributed by atoms with Crippen LogP contribution in [0.3, 0.4) is 0 Å². The first-order valence-electron chi connectivity index (χ1n) is 7.82. The Balaban J connectivity index is 2.31. The summed E-state index contributed by atoms with van der Waals surface area (Å²) in [6, 6.07) is 3.45. The van der Waals surface area contributed by atoms with Gasteiger partial charge in [-0.05, 0) is 24.6 Å². The molecule has 146 valence electrons. The third-order valence-corrected chi connectivity index (χ3v) is 7.88. The van der Waals surface area contributed by atoms with Gasteiger partial charge in [-0.1, -0.05) is 0 Å². The number of methoxy groups -OCH3 is 1. The van der Waals surface area contributed by atoms with E-state index in [2.05, 4.69) is 5.32 Å². The summed E-state index contributed by atoms with van der Waals surface area (Å²) in [6.45, 7) is 0.122.